The second kappa shape index (κ2) is 5.20. The van der Waals surface area contributed by atoms with Crippen molar-refractivity contribution >= 4 is 0 Å². The van der Waals surface area contributed by atoms with E-state index in [1.54, 1.807) is 0 Å². The third-order valence-electron chi connectivity index (χ3n) is 2.53. The Morgan fingerprint density at radius 1 is 1.29 bits per heavy atom. The SMILES string of the molecule is CCCc1ccc(CNC(C)C)n1C. The van der Waals surface area contributed by atoms with Crippen molar-refractivity contribution in [3.63, 3.8) is 0 Å². The van der Waals surface area contributed by atoms with Crippen LogP contribution in [-0.2, 0) is 20.0 Å². The van der Waals surface area contributed by atoms with Gasteiger partial charge >= 0.3 is 0 Å². The molecule has 0 bridgehead atoms. The van der Waals surface area contributed by atoms with Gasteiger partial charge in [-0.2, -0.15) is 0 Å². The largest absolute Gasteiger partial charge is 0.350 e. The Morgan fingerprint density at radius 3 is 2.50 bits per heavy atom. The van der Waals surface area contributed by atoms with Gasteiger partial charge in [-0.05, 0) is 18.6 Å². The molecule has 0 atom stereocenters. The van der Waals surface area contributed by atoms with E-state index in [2.05, 4.69) is 49.8 Å². The van der Waals surface area contributed by atoms with Crippen molar-refractivity contribution in [3.05, 3.63) is 23.5 Å². The Labute approximate surface area is 87.3 Å². The topological polar surface area (TPSA) is 17.0 Å². The number of aromatic nitrogens is 1. The van der Waals surface area contributed by atoms with Crippen molar-refractivity contribution in [1.29, 1.82) is 0 Å². The maximum atomic E-state index is 3.44. The van der Waals surface area contributed by atoms with Gasteiger partial charge in [0.05, 0.1) is 0 Å². The van der Waals surface area contributed by atoms with Crippen molar-refractivity contribution in [1.82, 2.24) is 9.88 Å². The number of hydrogen-bond acceptors (Lipinski definition) is 1. The van der Waals surface area contributed by atoms with E-state index in [0.29, 0.717) is 6.04 Å². The molecule has 0 aliphatic rings. The minimum atomic E-state index is 0.555. The molecule has 1 aromatic heterocycles. The van der Waals surface area contributed by atoms with Crippen LogP contribution >= 0.6 is 0 Å². The van der Waals surface area contributed by atoms with Gasteiger partial charge in [0.15, 0.2) is 0 Å². The molecule has 0 unspecified atom stereocenters. The Hall–Kier alpha value is -0.760. The van der Waals surface area contributed by atoms with E-state index in [0.717, 1.165) is 6.54 Å². The molecule has 0 saturated heterocycles. The van der Waals surface area contributed by atoms with E-state index in [1.165, 1.54) is 24.2 Å². The monoisotopic (exact) mass is 194 g/mol. The summed E-state index contributed by atoms with van der Waals surface area (Å²) < 4.78 is 2.30. The van der Waals surface area contributed by atoms with Crippen molar-refractivity contribution in [2.75, 3.05) is 0 Å². The van der Waals surface area contributed by atoms with Crippen LogP contribution in [0.25, 0.3) is 0 Å². The van der Waals surface area contributed by atoms with Crippen LogP contribution in [0.15, 0.2) is 12.1 Å². The maximum Gasteiger partial charge on any atom is 0.0361 e. The average molecular weight is 194 g/mol. The molecular weight excluding hydrogens is 172 g/mol. The van der Waals surface area contributed by atoms with Crippen LogP contribution < -0.4 is 5.32 Å². The first-order chi connectivity index (χ1) is 6.65. The van der Waals surface area contributed by atoms with Crippen molar-refractivity contribution in [2.24, 2.45) is 7.05 Å². The zero-order valence-electron chi connectivity index (χ0n) is 9.80. The summed E-state index contributed by atoms with van der Waals surface area (Å²) in [5.74, 6) is 0. The van der Waals surface area contributed by atoms with E-state index < -0.39 is 0 Å². The quantitative estimate of drug-likeness (QED) is 0.762. The maximum absolute atomic E-state index is 3.44. The Bertz CT molecular complexity index is 274. The highest BCUT2D eigenvalue weighted by molar-refractivity contribution is 5.16. The minimum Gasteiger partial charge on any atom is -0.350 e. The molecule has 80 valence electrons. The molecule has 1 aromatic rings. The fourth-order valence-electron chi connectivity index (χ4n) is 1.59. The van der Waals surface area contributed by atoms with Crippen LogP contribution in [0.3, 0.4) is 0 Å². The zero-order valence-corrected chi connectivity index (χ0v) is 9.80. The lowest BCUT2D eigenvalue weighted by molar-refractivity contribution is 0.567. The summed E-state index contributed by atoms with van der Waals surface area (Å²) in [6.07, 6.45) is 2.40. The molecule has 1 heterocycles. The smallest absolute Gasteiger partial charge is 0.0361 e. The predicted molar refractivity (Wildman–Crippen MR) is 61.4 cm³/mol. The number of hydrogen-bond donors (Lipinski definition) is 1. The number of nitrogens with one attached hydrogen (secondary N) is 1. The summed E-state index contributed by atoms with van der Waals surface area (Å²) in [4.78, 5) is 0. The summed E-state index contributed by atoms with van der Waals surface area (Å²) in [6.45, 7) is 7.54. The molecule has 1 rings (SSSR count). The van der Waals surface area contributed by atoms with Gasteiger partial charge in [-0.1, -0.05) is 27.2 Å². The molecular formula is C12H22N2. The van der Waals surface area contributed by atoms with E-state index in [-0.39, 0.29) is 0 Å². The highest BCUT2D eigenvalue weighted by Crippen LogP contribution is 2.09. The molecule has 0 aromatic carbocycles. The summed E-state index contributed by atoms with van der Waals surface area (Å²) in [5.41, 5.74) is 2.82. The van der Waals surface area contributed by atoms with Crippen LogP contribution in [-0.4, -0.2) is 10.6 Å². The predicted octanol–water partition coefficient (Wildman–Crippen LogP) is 2.48. The minimum absolute atomic E-state index is 0.555. The molecule has 2 heteroatoms. The van der Waals surface area contributed by atoms with Gasteiger partial charge in [-0.25, -0.2) is 0 Å². The Kier molecular flexibility index (Phi) is 4.21. The first kappa shape index (κ1) is 11.3. The number of nitrogens with zero attached hydrogens (tertiary/aromatic N) is 1. The molecule has 1 N–H and O–H groups in total. The normalized spacial score (nSPS) is 11.2. The summed E-state index contributed by atoms with van der Waals surface area (Å²) in [6, 6.07) is 5.01. The zero-order chi connectivity index (χ0) is 10.6. The number of rotatable bonds is 5. The first-order valence-corrected chi connectivity index (χ1v) is 5.52. The van der Waals surface area contributed by atoms with E-state index in [4.69, 9.17) is 0 Å². The molecule has 0 aliphatic heterocycles. The lowest BCUT2D eigenvalue weighted by Gasteiger charge is -2.10. The van der Waals surface area contributed by atoms with E-state index in [9.17, 15) is 0 Å². The second-order valence-corrected chi connectivity index (χ2v) is 4.16. The highest BCUT2D eigenvalue weighted by atomic mass is 15.0. The van der Waals surface area contributed by atoms with Crippen molar-refractivity contribution < 1.29 is 0 Å². The third-order valence-corrected chi connectivity index (χ3v) is 2.53. The molecule has 0 spiro atoms. The summed E-state index contributed by atoms with van der Waals surface area (Å²) >= 11 is 0. The van der Waals surface area contributed by atoms with Crippen LogP contribution in [0.5, 0.6) is 0 Å². The Balaban J connectivity index is 2.60. The molecule has 2 nitrogen and oxygen atoms in total. The van der Waals surface area contributed by atoms with E-state index in [1.807, 2.05) is 0 Å². The van der Waals surface area contributed by atoms with E-state index >= 15 is 0 Å². The van der Waals surface area contributed by atoms with Crippen LogP contribution in [0, 0.1) is 0 Å². The summed E-state index contributed by atoms with van der Waals surface area (Å²) in [7, 11) is 2.16. The second-order valence-electron chi connectivity index (χ2n) is 4.16. The lowest BCUT2D eigenvalue weighted by atomic mass is 10.2. The molecule has 0 aliphatic carbocycles. The standard InChI is InChI=1S/C12H22N2/c1-5-6-11-7-8-12(14(11)4)9-13-10(2)3/h7-8,10,13H,5-6,9H2,1-4H3. The van der Waals surface area contributed by atoms with Crippen LogP contribution in [0.4, 0.5) is 0 Å². The van der Waals surface area contributed by atoms with Crippen LogP contribution in [0.1, 0.15) is 38.6 Å². The van der Waals surface area contributed by atoms with Crippen molar-refractivity contribution in [2.45, 2.75) is 46.2 Å². The molecule has 0 radical (unpaired) electrons. The van der Waals surface area contributed by atoms with Gasteiger partial charge in [-0.3, -0.25) is 0 Å². The summed E-state index contributed by atoms with van der Waals surface area (Å²) in [5, 5.41) is 3.44. The molecule has 0 saturated carbocycles. The van der Waals surface area contributed by atoms with Gasteiger partial charge in [0, 0.05) is 31.0 Å². The van der Waals surface area contributed by atoms with Gasteiger partial charge in [-0.15, -0.1) is 0 Å². The van der Waals surface area contributed by atoms with Crippen molar-refractivity contribution in [3.8, 4) is 0 Å². The molecule has 0 amide bonds. The van der Waals surface area contributed by atoms with Gasteiger partial charge < -0.3 is 9.88 Å². The highest BCUT2D eigenvalue weighted by Gasteiger charge is 2.03. The Morgan fingerprint density at radius 2 is 1.93 bits per heavy atom. The van der Waals surface area contributed by atoms with Gasteiger partial charge in [0.2, 0.25) is 0 Å². The first-order valence-electron chi connectivity index (χ1n) is 5.52. The average Bonchev–Trinajstić information content (AvgIpc) is 2.46. The third kappa shape index (κ3) is 2.88. The van der Waals surface area contributed by atoms with Gasteiger partial charge in [0.25, 0.3) is 0 Å². The molecule has 14 heavy (non-hydrogen) atoms. The molecule has 0 fully saturated rings. The lowest BCUT2D eigenvalue weighted by Crippen LogP contribution is -2.23. The fourth-order valence-corrected chi connectivity index (χ4v) is 1.59. The number of aryl methyl sites for hydroxylation is 1. The fraction of sp³-hybridized carbons (Fsp3) is 0.667. The van der Waals surface area contributed by atoms with Gasteiger partial charge in [0.1, 0.15) is 0 Å². The van der Waals surface area contributed by atoms with Crippen LogP contribution in [0.2, 0.25) is 0 Å².